The Morgan fingerprint density at radius 2 is 1.89 bits per heavy atom. The highest BCUT2D eigenvalue weighted by molar-refractivity contribution is 8.05. The van der Waals surface area contributed by atoms with Crippen molar-refractivity contribution in [3.8, 4) is 0 Å². The topological polar surface area (TPSA) is 110 Å². The highest BCUT2D eigenvalue weighted by Crippen LogP contribution is 2.31. The number of esters is 1. The largest absolute Gasteiger partial charge is 0.457 e. The minimum atomic E-state index is -1.25. The van der Waals surface area contributed by atoms with E-state index in [4.69, 9.17) is 10.5 Å². The molecule has 0 amide bonds. The van der Waals surface area contributed by atoms with Gasteiger partial charge in [-0.1, -0.05) is 58.1 Å². The third-order valence-electron chi connectivity index (χ3n) is 6.42. The van der Waals surface area contributed by atoms with Gasteiger partial charge >= 0.3 is 5.97 Å². The van der Waals surface area contributed by atoms with Crippen molar-refractivity contribution in [1.82, 2.24) is 0 Å². The van der Waals surface area contributed by atoms with Gasteiger partial charge in [0.15, 0.2) is 0 Å². The zero-order chi connectivity index (χ0) is 26.9. The molecule has 0 aromatic carbocycles. The Morgan fingerprint density at radius 1 is 1.26 bits per heavy atom. The van der Waals surface area contributed by atoms with Gasteiger partial charge in [-0.05, 0) is 49.2 Å². The summed E-state index contributed by atoms with van der Waals surface area (Å²) < 4.78 is 5.75. The molecule has 0 fully saturated rings. The van der Waals surface area contributed by atoms with Gasteiger partial charge in [-0.15, -0.1) is 11.8 Å². The quantitative estimate of drug-likeness (QED) is 0.274. The Morgan fingerprint density at radius 3 is 2.49 bits per heavy atom. The number of nitrogens with two attached hydrogens (primary N) is 1. The van der Waals surface area contributed by atoms with Crippen LogP contribution in [0.15, 0.2) is 58.0 Å². The summed E-state index contributed by atoms with van der Waals surface area (Å²) in [5, 5.41) is 23.3. The smallest absolute Gasteiger partial charge is 0.309 e. The van der Waals surface area contributed by atoms with E-state index in [1.54, 1.807) is 32.3 Å². The van der Waals surface area contributed by atoms with Crippen LogP contribution in [-0.4, -0.2) is 40.3 Å². The van der Waals surface area contributed by atoms with Gasteiger partial charge < -0.3 is 20.7 Å². The molecule has 1 aliphatic rings. The number of aliphatic hydroxyl groups is 2. The summed E-state index contributed by atoms with van der Waals surface area (Å²) >= 11 is 1.42. The Bertz CT molecular complexity index is 899. The highest BCUT2D eigenvalue weighted by atomic mass is 32.2. The van der Waals surface area contributed by atoms with Gasteiger partial charge in [-0.3, -0.25) is 9.59 Å². The standard InChI is InChI=1S/C28H43NO5S/c1-17(2)35-16-22(29)14-20(5)23-13-12-18(3)10-9-11-19(4)26(32)21(6)27(33)28(7,8)24(30)15-25(31)34-23/h9,11-12,14,16,19,21,23-24,26,30,32H,1,10,13,15,29H2,2-8H3/b11-9+,18-12-,20-14+,22-16-/t19-,21+,23-,24-,26-/m0/s1. The van der Waals surface area contributed by atoms with Crippen LogP contribution < -0.4 is 5.73 Å². The number of ketones is 1. The summed E-state index contributed by atoms with van der Waals surface area (Å²) in [7, 11) is 0. The molecular weight excluding hydrogens is 462 g/mol. The first-order valence-electron chi connectivity index (χ1n) is 12.0. The Labute approximate surface area is 215 Å². The van der Waals surface area contributed by atoms with Crippen molar-refractivity contribution < 1.29 is 24.5 Å². The number of ether oxygens (including phenoxy) is 1. The van der Waals surface area contributed by atoms with Gasteiger partial charge in [-0.2, -0.15) is 0 Å². The van der Waals surface area contributed by atoms with Crippen molar-refractivity contribution in [2.75, 3.05) is 0 Å². The third kappa shape index (κ3) is 9.82. The van der Waals surface area contributed by atoms with Crippen molar-refractivity contribution >= 4 is 23.5 Å². The predicted molar refractivity (Wildman–Crippen MR) is 144 cm³/mol. The third-order valence-corrected chi connectivity index (χ3v) is 7.22. The molecule has 0 unspecified atom stereocenters. The van der Waals surface area contributed by atoms with E-state index in [1.807, 2.05) is 45.9 Å². The van der Waals surface area contributed by atoms with E-state index < -0.39 is 35.6 Å². The number of hydrogen-bond acceptors (Lipinski definition) is 7. The first-order chi connectivity index (χ1) is 16.2. The molecule has 0 spiro atoms. The maximum Gasteiger partial charge on any atom is 0.309 e. The van der Waals surface area contributed by atoms with Crippen LogP contribution in [0.5, 0.6) is 0 Å². The lowest BCUT2D eigenvalue weighted by molar-refractivity contribution is -0.154. The first-order valence-corrected chi connectivity index (χ1v) is 12.9. The number of cyclic esters (lactones) is 1. The van der Waals surface area contributed by atoms with Gasteiger partial charge in [0.2, 0.25) is 0 Å². The average Bonchev–Trinajstić information content (AvgIpc) is 2.77. The van der Waals surface area contributed by atoms with Crippen LogP contribution in [0.1, 0.15) is 67.7 Å². The van der Waals surface area contributed by atoms with Gasteiger partial charge in [0.1, 0.15) is 11.9 Å². The molecule has 0 saturated carbocycles. The lowest BCUT2D eigenvalue weighted by Crippen LogP contribution is -2.45. The summed E-state index contributed by atoms with van der Waals surface area (Å²) in [6, 6.07) is 0. The summed E-state index contributed by atoms with van der Waals surface area (Å²) in [5.74, 6) is -1.84. The normalized spacial score (nSPS) is 32.4. The van der Waals surface area contributed by atoms with Gasteiger partial charge in [0.05, 0.1) is 24.0 Å². The van der Waals surface area contributed by atoms with E-state index in [1.165, 1.54) is 11.8 Å². The molecule has 0 aliphatic carbocycles. The molecular formula is C28H43NO5S. The van der Waals surface area contributed by atoms with Crippen LogP contribution >= 0.6 is 11.8 Å². The van der Waals surface area contributed by atoms with E-state index >= 15 is 0 Å². The zero-order valence-electron chi connectivity index (χ0n) is 22.2. The minimum absolute atomic E-state index is 0.239. The SMILES string of the molecule is C=C(C)S/C=C(N)/C=C(\C)[C@@H]1C/C=C(/C)C/C=C/[C@H](C)[C@H](O)[C@@H](C)C(=O)C(C)(C)[C@@H](O)CC(=O)O1. The second-order valence-corrected chi connectivity index (χ2v) is 11.3. The molecule has 7 heteroatoms. The van der Waals surface area contributed by atoms with Crippen LogP contribution in [0.3, 0.4) is 0 Å². The molecule has 196 valence electrons. The van der Waals surface area contributed by atoms with E-state index in [-0.39, 0.29) is 18.1 Å². The highest BCUT2D eigenvalue weighted by Gasteiger charge is 2.42. The molecule has 35 heavy (non-hydrogen) atoms. The van der Waals surface area contributed by atoms with E-state index in [9.17, 15) is 19.8 Å². The monoisotopic (exact) mass is 505 g/mol. The Kier molecular flexibility index (Phi) is 12.2. The van der Waals surface area contributed by atoms with E-state index in [0.29, 0.717) is 18.5 Å². The Hall–Kier alpha value is -2.09. The molecule has 4 N–H and O–H groups in total. The molecule has 1 heterocycles. The van der Waals surface area contributed by atoms with Crippen LogP contribution in [0.2, 0.25) is 0 Å². The number of rotatable bonds is 4. The molecule has 0 aromatic rings. The van der Waals surface area contributed by atoms with Crippen molar-refractivity contribution in [2.24, 2.45) is 23.0 Å². The second kappa shape index (κ2) is 13.9. The van der Waals surface area contributed by atoms with Crippen LogP contribution in [-0.2, 0) is 14.3 Å². The lowest BCUT2D eigenvalue weighted by Gasteiger charge is -2.34. The maximum absolute atomic E-state index is 13.1. The molecule has 0 bridgehead atoms. The fourth-order valence-corrected chi connectivity index (χ4v) is 4.25. The van der Waals surface area contributed by atoms with Crippen LogP contribution in [0.25, 0.3) is 0 Å². The number of hydrogen-bond donors (Lipinski definition) is 3. The number of aliphatic hydroxyl groups excluding tert-OH is 2. The number of carbonyl (C=O) groups is 2. The molecule has 6 nitrogen and oxygen atoms in total. The van der Waals surface area contributed by atoms with Crippen LogP contribution in [0.4, 0.5) is 0 Å². The Balaban J connectivity index is 3.32. The zero-order valence-corrected chi connectivity index (χ0v) is 23.0. The number of allylic oxidation sites excluding steroid dienone is 4. The summed E-state index contributed by atoms with van der Waals surface area (Å²) in [6.07, 6.45) is 5.74. The molecule has 0 saturated heterocycles. The average molecular weight is 506 g/mol. The summed E-state index contributed by atoms with van der Waals surface area (Å²) in [4.78, 5) is 26.9. The van der Waals surface area contributed by atoms with Gasteiger partial charge in [-0.25, -0.2) is 0 Å². The number of carbonyl (C=O) groups excluding carboxylic acids is 2. The molecule has 1 rings (SSSR count). The minimum Gasteiger partial charge on any atom is -0.457 e. The van der Waals surface area contributed by atoms with Crippen molar-refractivity contribution in [2.45, 2.75) is 86.0 Å². The van der Waals surface area contributed by atoms with Gasteiger partial charge in [0.25, 0.3) is 0 Å². The molecule has 0 radical (unpaired) electrons. The maximum atomic E-state index is 13.1. The summed E-state index contributed by atoms with van der Waals surface area (Å²) in [6.45, 7) is 16.3. The van der Waals surface area contributed by atoms with E-state index in [0.717, 1.165) is 16.1 Å². The van der Waals surface area contributed by atoms with Crippen molar-refractivity contribution in [3.63, 3.8) is 0 Å². The fraction of sp³-hybridized carbons (Fsp3) is 0.571. The second-order valence-electron chi connectivity index (χ2n) is 10.2. The fourth-order valence-electron chi connectivity index (χ4n) is 3.84. The number of Topliss-reactive ketones (excluding diaryl/α,β-unsaturated/α-hetero) is 1. The van der Waals surface area contributed by atoms with Crippen molar-refractivity contribution in [1.29, 1.82) is 0 Å². The molecule has 0 aromatic heterocycles. The van der Waals surface area contributed by atoms with Crippen molar-refractivity contribution in [3.05, 3.63) is 58.0 Å². The number of thioether (sulfide) groups is 1. The molecule has 1 aliphatic heterocycles. The van der Waals surface area contributed by atoms with E-state index in [2.05, 4.69) is 6.58 Å². The summed E-state index contributed by atoms with van der Waals surface area (Å²) in [5.41, 5.74) is 7.24. The lowest BCUT2D eigenvalue weighted by atomic mass is 9.73. The first kappa shape index (κ1) is 30.9. The molecule has 5 atom stereocenters. The van der Waals surface area contributed by atoms with Gasteiger partial charge in [0, 0.05) is 24.0 Å². The van der Waals surface area contributed by atoms with Crippen LogP contribution in [0, 0.1) is 17.3 Å². The predicted octanol–water partition coefficient (Wildman–Crippen LogP) is 5.19.